The predicted molar refractivity (Wildman–Crippen MR) is 121 cm³/mol. The Kier molecular flexibility index (Phi) is 5.43. The van der Waals surface area contributed by atoms with Crippen molar-refractivity contribution in [3.05, 3.63) is 99.6 Å². The number of nitrogens with one attached hydrogen (secondary N) is 1. The number of rotatable bonds is 4. The Hall–Kier alpha value is -3.06. The summed E-state index contributed by atoms with van der Waals surface area (Å²) in [4.78, 5) is 17.5. The van der Waals surface area contributed by atoms with Gasteiger partial charge >= 0.3 is 0 Å². The van der Waals surface area contributed by atoms with Crippen molar-refractivity contribution < 1.29 is 4.79 Å². The van der Waals surface area contributed by atoms with Gasteiger partial charge in [0.2, 0.25) is 0 Å². The molecule has 1 heterocycles. The summed E-state index contributed by atoms with van der Waals surface area (Å²) in [6, 6.07) is 27.2. The maximum atomic E-state index is 12.8. The summed E-state index contributed by atoms with van der Waals surface area (Å²) in [5, 5.41) is 4.90. The van der Waals surface area contributed by atoms with E-state index in [-0.39, 0.29) is 5.91 Å². The first-order chi connectivity index (χ1) is 13.7. The maximum absolute atomic E-state index is 12.8. The molecular formula is C23H16IN3O. The van der Waals surface area contributed by atoms with Crippen molar-refractivity contribution in [2.45, 2.75) is 0 Å². The van der Waals surface area contributed by atoms with E-state index >= 15 is 0 Å². The molecule has 0 atom stereocenters. The monoisotopic (exact) mass is 477 g/mol. The summed E-state index contributed by atoms with van der Waals surface area (Å²) < 4.78 is 1.15. The van der Waals surface area contributed by atoms with Gasteiger partial charge < -0.3 is 0 Å². The highest BCUT2D eigenvalue weighted by Gasteiger charge is 2.13. The minimum atomic E-state index is -0.266. The standard InChI is InChI=1S/C23H16IN3O/c24-18-12-10-16(11-13-18)15-25-27-23(28)20-14-22(17-6-2-1-3-7-17)26-21-9-5-4-8-19(20)21/h1-15H,(H,27,28)/b25-15+. The van der Waals surface area contributed by atoms with Crippen LogP contribution in [0.2, 0.25) is 0 Å². The van der Waals surface area contributed by atoms with Crippen LogP contribution in [0, 0.1) is 3.57 Å². The number of aromatic nitrogens is 1. The van der Waals surface area contributed by atoms with Crippen molar-refractivity contribution in [3.8, 4) is 11.3 Å². The van der Waals surface area contributed by atoms with E-state index in [1.165, 1.54) is 0 Å². The van der Waals surface area contributed by atoms with Crippen LogP contribution in [0.5, 0.6) is 0 Å². The average Bonchev–Trinajstić information content (AvgIpc) is 2.75. The molecule has 1 amide bonds. The molecule has 0 unspecified atom stereocenters. The molecule has 0 saturated carbocycles. The molecule has 3 aromatic carbocycles. The van der Waals surface area contributed by atoms with Crippen LogP contribution in [0.25, 0.3) is 22.2 Å². The van der Waals surface area contributed by atoms with Crippen molar-refractivity contribution in [1.82, 2.24) is 10.4 Å². The lowest BCUT2D eigenvalue weighted by Gasteiger charge is -2.09. The first kappa shape index (κ1) is 18.3. The van der Waals surface area contributed by atoms with Crippen molar-refractivity contribution in [1.29, 1.82) is 0 Å². The summed E-state index contributed by atoms with van der Waals surface area (Å²) in [5.74, 6) is -0.266. The highest BCUT2D eigenvalue weighted by molar-refractivity contribution is 14.1. The molecule has 0 spiro atoms. The summed E-state index contributed by atoms with van der Waals surface area (Å²) in [5.41, 5.74) is 6.59. The van der Waals surface area contributed by atoms with Gasteiger partial charge in [-0.2, -0.15) is 5.10 Å². The number of hydrogen-bond donors (Lipinski definition) is 1. The Morgan fingerprint density at radius 1 is 0.929 bits per heavy atom. The molecule has 4 aromatic rings. The average molecular weight is 477 g/mol. The van der Waals surface area contributed by atoms with Gasteiger partial charge in [-0.1, -0.05) is 60.7 Å². The van der Waals surface area contributed by atoms with Crippen molar-refractivity contribution >= 4 is 45.6 Å². The molecule has 0 bridgehead atoms. The first-order valence-corrected chi connectivity index (χ1v) is 9.83. The molecule has 5 heteroatoms. The van der Waals surface area contributed by atoms with Crippen molar-refractivity contribution in [2.24, 2.45) is 5.10 Å². The van der Waals surface area contributed by atoms with Gasteiger partial charge in [-0.05, 0) is 52.4 Å². The molecule has 28 heavy (non-hydrogen) atoms. The van der Waals surface area contributed by atoms with Crippen LogP contribution in [-0.4, -0.2) is 17.1 Å². The number of fused-ring (bicyclic) bond motifs is 1. The topological polar surface area (TPSA) is 54.4 Å². The van der Waals surface area contributed by atoms with Crippen LogP contribution < -0.4 is 5.43 Å². The zero-order valence-corrected chi connectivity index (χ0v) is 17.0. The Bertz CT molecular complexity index is 1160. The lowest BCUT2D eigenvalue weighted by Crippen LogP contribution is -2.18. The number of para-hydroxylation sites is 1. The van der Waals surface area contributed by atoms with Crippen LogP contribution >= 0.6 is 22.6 Å². The van der Waals surface area contributed by atoms with Crippen LogP contribution in [0.4, 0.5) is 0 Å². The highest BCUT2D eigenvalue weighted by atomic mass is 127. The van der Waals surface area contributed by atoms with Gasteiger partial charge in [0.25, 0.3) is 5.91 Å². The fourth-order valence-corrected chi connectivity index (χ4v) is 3.25. The lowest BCUT2D eigenvalue weighted by atomic mass is 10.0. The maximum Gasteiger partial charge on any atom is 0.272 e. The Balaban J connectivity index is 1.66. The molecule has 0 radical (unpaired) electrons. The van der Waals surface area contributed by atoms with Gasteiger partial charge in [-0.25, -0.2) is 10.4 Å². The Labute approximate surface area is 176 Å². The molecule has 1 aromatic heterocycles. The van der Waals surface area contributed by atoms with Crippen LogP contribution in [0.15, 0.2) is 90.0 Å². The van der Waals surface area contributed by atoms with E-state index in [2.05, 4.69) is 33.1 Å². The second-order valence-electron chi connectivity index (χ2n) is 6.19. The fourth-order valence-electron chi connectivity index (χ4n) is 2.89. The number of benzene rings is 3. The van der Waals surface area contributed by atoms with Crippen LogP contribution in [-0.2, 0) is 0 Å². The lowest BCUT2D eigenvalue weighted by molar-refractivity contribution is 0.0957. The summed E-state index contributed by atoms with van der Waals surface area (Å²) >= 11 is 2.25. The molecule has 1 N–H and O–H groups in total. The molecule has 0 fully saturated rings. The number of amides is 1. The second-order valence-corrected chi connectivity index (χ2v) is 7.43. The van der Waals surface area contributed by atoms with E-state index in [4.69, 9.17) is 4.98 Å². The predicted octanol–water partition coefficient (Wildman–Crippen LogP) is 5.27. The van der Waals surface area contributed by atoms with E-state index in [9.17, 15) is 4.79 Å². The zero-order valence-electron chi connectivity index (χ0n) is 14.8. The molecule has 4 rings (SSSR count). The zero-order chi connectivity index (χ0) is 19.3. The molecular weight excluding hydrogens is 461 g/mol. The normalized spacial score (nSPS) is 11.0. The summed E-state index contributed by atoms with van der Waals surface area (Å²) in [6.45, 7) is 0. The summed E-state index contributed by atoms with van der Waals surface area (Å²) in [6.07, 6.45) is 1.63. The molecule has 0 aliphatic heterocycles. The third-order valence-electron chi connectivity index (χ3n) is 4.28. The minimum Gasteiger partial charge on any atom is -0.267 e. The number of halogens is 1. The van der Waals surface area contributed by atoms with E-state index < -0.39 is 0 Å². The smallest absolute Gasteiger partial charge is 0.267 e. The quantitative estimate of drug-likeness (QED) is 0.247. The first-order valence-electron chi connectivity index (χ1n) is 8.75. The number of hydrogen-bond acceptors (Lipinski definition) is 3. The van der Waals surface area contributed by atoms with Crippen molar-refractivity contribution in [2.75, 3.05) is 0 Å². The van der Waals surface area contributed by atoms with Crippen LogP contribution in [0.3, 0.4) is 0 Å². The number of carbonyl (C=O) groups excluding carboxylic acids is 1. The molecule has 0 saturated heterocycles. The Morgan fingerprint density at radius 2 is 1.64 bits per heavy atom. The fraction of sp³-hybridized carbons (Fsp3) is 0. The van der Waals surface area contributed by atoms with Crippen LogP contribution in [0.1, 0.15) is 15.9 Å². The van der Waals surface area contributed by atoms with Gasteiger partial charge in [0.15, 0.2) is 0 Å². The summed E-state index contributed by atoms with van der Waals surface area (Å²) in [7, 11) is 0. The van der Waals surface area contributed by atoms with Gasteiger partial charge in [-0.15, -0.1) is 0 Å². The van der Waals surface area contributed by atoms with Gasteiger partial charge in [0, 0.05) is 14.5 Å². The SMILES string of the molecule is O=C(N/N=C/c1ccc(I)cc1)c1cc(-c2ccccc2)nc2ccccc12. The highest BCUT2D eigenvalue weighted by Crippen LogP contribution is 2.24. The molecule has 136 valence electrons. The minimum absolute atomic E-state index is 0.266. The molecule has 0 aliphatic carbocycles. The van der Waals surface area contributed by atoms with Gasteiger partial charge in [0.05, 0.1) is 23.0 Å². The third kappa shape index (κ3) is 4.09. The Morgan fingerprint density at radius 3 is 2.43 bits per heavy atom. The number of hydrazone groups is 1. The number of pyridine rings is 1. The number of carbonyl (C=O) groups is 1. The van der Waals surface area contributed by atoms with E-state index in [0.29, 0.717) is 5.56 Å². The third-order valence-corrected chi connectivity index (χ3v) is 5.00. The van der Waals surface area contributed by atoms with Gasteiger partial charge in [-0.3, -0.25) is 4.79 Å². The van der Waals surface area contributed by atoms with E-state index in [0.717, 1.165) is 31.3 Å². The van der Waals surface area contributed by atoms with Crippen molar-refractivity contribution in [3.63, 3.8) is 0 Å². The number of nitrogens with zero attached hydrogens (tertiary/aromatic N) is 2. The van der Waals surface area contributed by atoms with E-state index in [1.54, 1.807) is 6.21 Å². The second kappa shape index (κ2) is 8.31. The molecule has 0 aliphatic rings. The van der Waals surface area contributed by atoms with E-state index in [1.807, 2.05) is 84.9 Å². The van der Waals surface area contributed by atoms with Gasteiger partial charge in [0.1, 0.15) is 0 Å². The largest absolute Gasteiger partial charge is 0.272 e. The molecule has 4 nitrogen and oxygen atoms in total.